The van der Waals surface area contributed by atoms with Gasteiger partial charge in [-0.05, 0) is 71.8 Å². The lowest BCUT2D eigenvalue weighted by molar-refractivity contribution is 0.0697. The molecule has 30 heavy (non-hydrogen) atoms. The molecule has 1 N–H and O–H groups in total. The third kappa shape index (κ3) is 5.19. The molecule has 0 amide bonds. The second-order valence-corrected chi connectivity index (χ2v) is 6.81. The van der Waals surface area contributed by atoms with Gasteiger partial charge in [-0.25, -0.2) is 4.79 Å². The van der Waals surface area contributed by atoms with Crippen LogP contribution in [-0.4, -0.2) is 18.2 Å². The molecule has 3 aromatic rings. The van der Waals surface area contributed by atoms with Crippen LogP contribution < -0.4 is 9.47 Å². The second kappa shape index (κ2) is 9.64. The third-order valence-electron chi connectivity index (χ3n) is 4.39. The fraction of sp³-hybridized carbons (Fsp3) is 0.0833. The zero-order valence-electron chi connectivity index (χ0n) is 16.1. The van der Waals surface area contributed by atoms with Crippen molar-refractivity contribution in [2.75, 3.05) is 7.11 Å². The van der Waals surface area contributed by atoms with E-state index in [0.717, 1.165) is 11.1 Å². The summed E-state index contributed by atoms with van der Waals surface area (Å²) in [4.78, 5) is 11.0. The lowest BCUT2D eigenvalue weighted by Crippen LogP contribution is -2.00. The number of hydrogen-bond acceptors (Lipinski definition) is 4. The lowest BCUT2D eigenvalue weighted by atomic mass is 10.0. The Labute approximate surface area is 179 Å². The maximum absolute atomic E-state index is 11.0. The number of halogens is 1. The fourth-order valence-corrected chi connectivity index (χ4v) is 2.95. The molecule has 0 atom stereocenters. The molecule has 0 saturated heterocycles. The zero-order valence-corrected chi connectivity index (χ0v) is 16.9. The molecular weight excluding hydrogens is 402 g/mol. The number of carboxylic acids is 1. The van der Waals surface area contributed by atoms with Gasteiger partial charge in [0.1, 0.15) is 18.1 Å². The van der Waals surface area contributed by atoms with Gasteiger partial charge in [-0.1, -0.05) is 23.7 Å². The van der Waals surface area contributed by atoms with Crippen LogP contribution in [0.25, 0.3) is 11.6 Å². The molecule has 0 aromatic heterocycles. The molecule has 6 heteroatoms. The number of benzene rings is 3. The Morgan fingerprint density at radius 3 is 2.33 bits per heavy atom. The minimum Gasteiger partial charge on any atom is -0.497 e. The topological polar surface area (TPSA) is 79.5 Å². The van der Waals surface area contributed by atoms with Crippen molar-refractivity contribution in [1.29, 1.82) is 5.26 Å². The molecule has 0 aliphatic carbocycles. The minimum atomic E-state index is -0.977. The summed E-state index contributed by atoms with van der Waals surface area (Å²) < 4.78 is 11.1. The summed E-state index contributed by atoms with van der Waals surface area (Å²) >= 11 is 6.15. The average Bonchev–Trinajstić information content (AvgIpc) is 2.77. The molecule has 3 aromatic carbocycles. The molecule has 0 fully saturated rings. The van der Waals surface area contributed by atoms with Crippen molar-refractivity contribution < 1.29 is 19.4 Å². The first-order chi connectivity index (χ1) is 14.5. The van der Waals surface area contributed by atoms with Crippen molar-refractivity contribution in [3.05, 3.63) is 94.0 Å². The van der Waals surface area contributed by atoms with Crippen LogP contribution in [0.2, 0.25) is 5.02 Å². The number of nitrogens with zero attached hydrogens (tertiary/aromatic N) is 1. The van der Waals surface area contributed by atoms with Crippen LogP contribution in [0.4, 0.5) is 0 Å². The van der Waals surface area contributed by atoms with Crippen LogP contribution >= 0.6 is 11.6 Å². The molecule has 0 aliphatic heterocycles. The van der Waals surface area contributed by atoms with Crippen molar-refractivity contribution in [3.8, 4) is 17.6 Å². The summed E-state index contributed by atoms with van der Waals surface area (Å²) in [5, 5.41) is 19.1. The van der Waals surface area contributed by atoms with Crippen LogP contribution in [0.3, 0.4) is 0 Å². The standard InChI is InChI=1S/C24H18ClNO4/c1-29-22-9-6-17(7-10-22)20(14-26)12-19-13-21(25)8-11-23(19)30-15-16-2-4-18(5-3-16)24(27)28/h2-13H,15H2,1H3,(H,27,28)/b20-12+. The van der Waals surface area contributed by atoms with E-state index in [9.17, 15) is 10.1 Å². The molecule has 5 nitrogen and oxygen atoms in total. The molecule has 3 rings (SSSR count). The largest absolute Gasteiger partial charge is 0.497 e. The van der Waals surface area contributed by atoms with Gasteiger partial charge in [-0.2, -0.15) is 5.26 Å². The molecule has 0 bridgehead atoms. The van der Waals surface area contributed by atoms with Gasteiger partial charge in [0.05, 0.1) is 24.3 Å². The van der Waals surface area contributed by atoms with Crippen molar-refractivity contribution in [3.63, 3.8) is 0 Å². The summed E-state index contributed by atoms with van der Waals surface area (Å²) in [6.45, 7) is 0.243. The molecule has 0 radical (unpaired) electrons. The maximum Gasteiger partial charge on any atom is 0.335 e. The number of carbonyl (C=O) groups is 1. The molecule has 0 saturated carbocycles. The van der Waals surface area contributed by atoms with Crippen molar-refractivity contribution >= 4 is 29.2 Å². The van der Waals surface area contributed by atoms with E-state index in [1.165, 1.54) is 12.1 Å². The van der Waals surface area contributed by atoms with E-state index >= 15 is 0 Å². The minimum absolute atomic E-state index is 0.215. The highest BCUT2D eigenvalue weighted by atomic mass is 35.5. The monoisotopic (exact) mass is 419 g/mol. The third-order valence-corrected chi connectivity index (χ3v) is 4.62. The van der Waals surface area contributed by atoms with Crippen LogP contribution in [-0.2, 0) is 6.61 Å². The van der Waals surface area contributed by atoms with Gasteiger partial charge in [0, 0.05) is 10.6 Å². The zero-order chi connectivity index (χ0) is 21.5. The number of ether oxygens (including phenoxy) is 2. The summed E-state index contributed by atoms with van der Waals surface area (Å²) in [6, 6.07) is 21.0. The Bertz CT molecular complexity index is 1110. The Hall–Kier alpha value is -3.75. The van der Waals surface area contributed by atoms with Gasteiger partial charge in [0.2, 0.25) is 0 Å². The van der Waals surface area contributed by atoms with Gasteiger partial charge < -0.3 is 14.6 Å². The molecule has 0 spiro atoms. The predicted molar refractivity (Wildman–Crippen MR) is 116 cm³/mol. The molecule has 150 valence electrons. The summed E-state index contributed by atoms with van der Waals surface area (Å²) in [7, 11) is 1.58. The first kappa shape index (κ1) is 21.0. The predicted octanol–water partition coefficient (Wildman–Crippen LogP) is 5.69. The first-order valence-electron chi connectivity index (χ1n) is 9.01. The van der Waals surface area contributed by atoms with Gasteiger partial charge in [-0.3, -0.25) is 0 Å². The number of carboxylic acid groups (broad SMARTS) is 1. The first-order valence-corrected chi connectivity index (χ1v) is 9.39. The number of methoxy groups -OCH3 is 1. The SMILES string of the molecule is COc1ccc(/C(C#N)=C/c2cc(Cl)ccc2OCc2ccc(C(=O)O)cc2)cc1. The Morgan fingerprint density at radius 2 is 1.73 bits per heavy atom. The van der Waals surface area contributed by atoms with E-state index in [2.05, 4.69) is 6.07 Å². The van der Waals surface area contributed by atoms with Gasteiger partial charge in [0.25, 0.3) is 0 Å². The van der Waals surface area contributed by atoms with Crippen LogP contribution in [0.1, 0.15) is 27.0 Å². The summed E-state index contributed by atoms with van der Waals surface area (Å²) in [5.41, 5.74) is 2.90. The van der Waals surface area contributed by atoms with Crippen molar-refractivity contribution in [2.45, 2.75) is 6.61 Å². The smallest absolute Gasteiger partial charge is 0.335 e. The summed E-state index contributed by atoms with van der Waals surface area (Å²) in [6.07, 6.45) is 1.72. The highest BCUT2D eigenvalue weighted by Crippen LogP contribution is 2.29. The Balaban J connectivity index is 1.85. The highest BCUT2D eigenvalue weighted by Gasteiger charge is 2.08. The quantitative estimate of drug-likeness (QED) is 0.393. The average molecular weight is 420 g/mol. The second-order valence-electron chi connectivity index (χ2n) is 6.37. The van der Waals surface area contributed by atoms with Crippen molar-refractivity contribution in [2.24, 2.45) is 0 Å². The number of hydrogen-bond donors (Lipinski definition) is 1. The number of nitriles is 1. The van der Waals surface area contributed by atoms with Crippen LogP contribution in [0.5, 0.6) is 11.5 Å². The van der Waals surface area contributed by atoms with Crippen LogP contribution in [0, 0.1) is 11.3 Å². The Morgan fingerprint density at radius 1 is 1.07 bits per heavy atom. The normalized spacial score (nSPS) is 10.9. The molecule has 0 aliphatic rings. The molecule has 0 unspecified atom stereocenters. The summed E-state index contributed by atoms with van der Waals surface area (Å²) in [5.74, 6) is 0.287. The molecule has 0 heterocycles. The van der Waals surface area contributed by atoms with E-state index in [-0.39, 0.29) is 12.2 Å². The highest BCUT2D eigenvalue weighted by molar-refractivity contribution is 6.30. The fourth-order valence-electron chi connectivity index (χ4n) is 2.77. The number of rotatable bonds is 7. The van der Waals surface area contributed by atoms with Gasteiger partial charge in [0.15, 0.2) is 0 Å². The van der Waals surface area contributed by atoms with E-state index in [1.807, 2.05) is 12.1 Å². The molecular formula is C24H18ClNO4. The maximum atomic E-state index is 11.0. The van der Waals surface area contributed by atoms with E-state index in [1.54, 1.807) is 55.7 Å². The van der Waals surface area contributed by atoms with Gasteiger partial charge >= 0.3 is 5.97 Å². The van der Waals surface area contributed by atoms with E-state index < -0.39 is 5.97 Å². The van der Waals surface area contributed by atoms with E-state index in [0.29, 0.717) is 27.7 Å². The number of allylic oxidation sites excluding steroid dienone is 1. The van der Waals surface area contributed by atoms with Crippen LogP contribution in [0.15, 0.2) is 66.7 Å². The van der Waals surface area contributed by atoms with E-state index in [4.69, 9.17) is 26.2 Å². The number of aromatic carboxylic acids is 1. The van der Waals surface area contributed by atoms with Crippen molar-refractivity contribution in [1.82, 2.24) is 0 Å². The Kier molecular flexibility index (Phi) is 6.74. The lowest BCUT2D eigenvalue weighted by Gasteiger charge is -2.11. The van der Waals surface area contributed by atoms with Gasteiger partial charge in [-0.15, -0.1) is 0 Å².